The quantitative estimate of drug-likeness (QED) is 0.648. The third-order valence-electron chi connectivity index (χ3n) is 3.65. The SMILES string of the molecule is COc1cc(OC)nc(NC(=O)NS(=O)(=O)c2c(Cl)ccc3ccccc23)n1. The van der Waals surface area contributed by atoms with Gasteiger partial charge in [0.15, 0.2) is 0 Å². The molecule has 2 N–H and O–H groups in total. The van der Waals surface area contributed by atoms with Crippen molar-refractivity contribution in [3.05, 3.63) is 47.5 Å². The van der Waals surface area contributed by atoms with E-state index in [1.54, 1.807) is 30.3 Å². The molecule has 0 fully saturated rings. The van der Waals surface area contributed by atoms with Gasteiger partial charge >= 0.3 is 6.03 Å². The summed E-state index contributed by atoms with van der Waals surface area (Å²) in [7, 11) is -1.53. The first-order chi connectivity index (χ1) is 13.3. The highest BCUT2D eigenvalue weighted by molar-refractivity contribution is 7.90. The largest absolute Gasteiger partial charge is 0.481 e. The number of carbonyl (C=O) groups is 1. The van der Waals surface area contributed by atoms with Gasteiger partial charge in [-0.1, -0.05) is 41.9 Å². The lowest BCUT2D eigenvalue weighted by Gasteiger charge is -2.12. The second-order valence-corrected chi connectivity index (χ2v) is 7.46. The first kappa shape index (κ1) is 19.6. The Bertz CT molecular complexity index is 1130. The summed E-state index contributed by atoms with van der Waals surface area (Å²) >= 11 is 6.10. The van der Waals surface area contributed by atoms with Gasteiger partial charge < -0.3 is 9.47 Å². The number of ether oxygens (including phenoxy) is 2. The summed E-state index contributed by atoms with van der Waals surface area (Å²) in [5, 5.41) is 3.26. The molecule has 0 aliphatic carbocycles. The van der Waals surface area contributed by atoms with E-state index in [0.717, 1.165) is 0 Å². The molecule has 2 aromatic carbocycles. The van der Waals surface area contributed by atoms with Gasteiger partial charge in [-0.3, -0.25) is 5.32 Å². The van der Waals surface area contributed by atoms with Crippen LogP contribution in [0.1, 0.15) is 0 Å². The highest BCUT2D eigenvalue weighted by Gasteiger charge is 2.24. The van der Waals surface area contributed by atoms with Gasteiger partial charge in [0, 0.05) is 5.39 Å². The van der Waals surface area contributed by atoms with Crippen LogP contribution in [0.2, 0.25) is 5.02 Å². The maximum absolute atomic E-state index is 12.8. The average Bonchev–Trinajstić information content (AvgIpc) is 2.66. The van der Waals surface area contributed by atoms with Gasteiger partial charge in [0.25, 0.3) is 10.0 Å². The second-order valence-electron chi connectivity index (χ2n) is 5.43. The van der Waals surface area contributed by atoms with Crippen LogP contribution in [0.5, 0.6) is 11.8 Å². The van der Waals surface area contributed by atoms with Crippen molar-refractivity contribution >= 4 is 44.4 Å². The van der Waals surface area contributed by atoms with E-state index in [2.05, 4.69) is 15.3 Å². The summed E-state index contributed by atoms with van der Waals surface area (Å²) in [6.45, 7) is 0. The van der Waals surface area contributed by atoms with E-state index in [4.69, 9.17) is 21.1 Å². The van der Waals surface area contributed by atoms with E-state index in [1.807, 2.05) is 4.72 Å². The molecule has 146 valence electrons. The van der Waals surface area contributed by atoms with Gasteiger partial charge in [0.2, 0.25) is 17.7 Å². The van der Waals surface area contributed by atoms with E-state index >= 15 is 0 Å². The Balaban J connectivity index is 1.90. The fourth-order valence-corrected chi connectivity index (χ4v) is 4.13. The fraction of sp³-hybridized carbons (Fsp3) is 0.118. The molecular formula is C17H15ClN4O5S. The van der Waals surface area contributed by atoms with Crippen molar-refractivity contribution in [3.63, 3.8) is 0 Å². The summed E-state index contributed by atoms with van der Waals surface area (Å²) in [4.78, 5) is 19.8. The molecule has 0 unspecified atom stereocenters. The number of aromatic nitrogens is 2. The summed E-state index contributed by atoms with van der Waals surface area (Å²) in [6.07, 6.45) is 0. The number of nitrogens with one attached hydrogen (secondary N) is 2. The molecule has 28 heavy (non-hydrogen) atoms. The molecule has 9 nitrogen and oxygen atoms in total. The normalized spacial score (nSPS) is 11.1. The minimum Gasteiger partial charge on any atom is -0.481 e. The van der Waals surface area contributed by atoms with Gasteiger partial charge in [0.05, 0.1) is 25.3 Å². The van der Waals surface area contributed by atoms with E-state index in [-0.39, 0.29) is 27.6 Å². The highest BCUT2D eigenvalue weighted by atomic mass is 35.5. The maximum atomic E-state index is 12.8. The molecule has 0 saturated carbocycles. The van der Waals surface area contributed by atoms with Crippen LogP contribution >= 0.6 is 11.6 Å². The molecule has 0 aliphatic heterocycles. The third-order valence-corrected chi connectivity index (χ3v) is 5.51. The average molecular weight is 423 g/mol. The Kier molecular flexibility index (Phi) is 5.52. The van der Waals surface area contributed by atoms with Crippen LogP contribution in [0.4, 0.5) is 10.7 Å². The lowest BCUT2D eigenvalue weighted by Crippen LogP contribution is -2.35. The number of rotatable bonds is 5. The summed E-state index contributed by atoms with van der Waals surface area (Å²) in [6, 6.07) is 10.2. The smallest absolute Gasteiger partial charge is 0.335 e. The van der Waals surface area contributed by atoms with E-state index in [1.165, 1.54) is 26.4 Å². The van der Waals surface area contributed by atoms with Crippen molar-refractivity contribution in [2.75, 3.05) is 19.5 Å². The van der Waals surface area contributed by atoms with Crippen molar-refractivity contribution in [2.45, 2.75) is 4.90 Å². The van der Waals surface area contributed by atoms with Crippen molar-refractivity contribution in [3.8, 4) is 11.8 Å². The molecule has 0 bridgehead atoms. The van der Waals surface area contributed by atoms with Crippen LogP contribution in [0, 0.1) is 0 Å². The summed E-state index contributed by atoms with van der Waals surface area (Å²) < 4.78 is 37.4. The fourth-order valence-electron chi connectivity index (χ4n) is 2.46. The van der Waals surface area contributed by atoms with Gasteiger partial charge in [0.1, 0.15) is 4.90 Å². The number of nitrogens with zero attached hydrogens (tertiary/aromatic N) is 2. The van der Waals surface area contributed by atoms with Crippen molar-refractivity contribution in [1.29, 1.82) is 0 Å². The highest BCUT2D eigenvalue weighted by Crippen LogP contribution is 2.30. The molecular weight excluding hydrogens is 408 g/mol. The predicted molar refractivity (Wildman–Crippen MR) is 103 cm³/mol. The Labute approximate surface area is 165 Å². The van der Waals surface area contributed by atoms with Crippen molar-refractivity contribution < 1.29 is 22.7 Å². The number of methoxy groups -OCH3 is 2. The lowest BCUT2D eigenvalue weighted by atomic mass is 10.1. The zero-order valence-corrected chi connectivity index (χ0v) is 16.3. The maximum Gasteiger partial charge on any atom is 0.335 e. The molecule has 0 atom stereocenters. The zero-order chi connectivity index (χ0) is 20.3. The number of benzene rings is 2. The molecule has 3 aromatic rings. The molecule has 1 heterocycles. The van der Waals surface area contributed by atoms with Crippen LogP contribution in [-0.4, -0.2) is 38.6 Å². The van der Waals surface area contributed by atoms with Crippen LogP contribution < -0.4 is 19.5 Å². The monoisotopic (exact) mass is 422 g/mol. The van der Waals surface area contributed by atoms with Crippen molar-refractivity contribution in [1.82, 2.24) is 14.7 Å². The first-order valence-corrected chi connectivity index (χ1v) is 9.68. The second kappa shape index (κ2) is 7.87. The number of hydrogen-bond donors (Lipinski definition) is 2. The Morgan fingerprint density at radius 1 is 1.04 bits per heavy atom. The van der Waals surface area contributed by atoms with Crippen molar-refractivity contribution in [2.24, 2.45) is 0 Å². The molecule has 0 aliphatic rings. The summed E-state index contributed by atoms with van der Waals surface area (Å²) in [5.41, 5.74) is 0. The Morgan fingerprint density at radius 2 is 1.68 bits per heavy atom. The Hall–Kier alpha value is -3.11. The van der Waals surface area contributed by atoms with Gasteiger partial charge in [-0.2, -0.15) is 9.97 Å². The molecule has 11 heteroatoms. The van der Waals surface area contributed by atoms with Crippen LogP contribution in [0.15, 0.2) is 47.4 Å². The molecule has 0 saturated heterocycles. The van der Waals surface area contributed by atoms with Gasteiger partial charge in [-0.25, -0.2) is 17.9 Å². The number of sulfonamides is 1. The number of anilines is 1. The molecule has 2 amide bonds. The van der Waals surface area contributed by atoms with E-state index in [9.17, 15) is 13.2 Å². The molecule has 1 aromatic heterocycles. The zero-order valence-electron chi connectivity index (χ0n) is 14.8. The molecule has 3 rings (SSSR count). The third kappa shape index (κ3) is 4.07. The topological polar surface area (TPSA) is 120 Å². The molecule has 0 radical (unpaired) electrons. The minimum atomic E-state index is -4.28. The number of halogens is 1. The first-order valence-electron chi connectivity index (χ1n) is 7.82. The number of amides is 2. The van der Waals surface area contributed by atoms with E-state index < -0.39 is 16.1 Å². The van der Waals surface area contributed by atoms with Gasteiger partial charge in [-0.05, 0) is 11.5 Å². The number of carbonyl (C=O) groups excluding carboxylic acids is 1. The van der Waals surface area contributed by atoms with Crippen LogP contribution in [0.3, 0.4) is 0 Å². The minimum absolute atomic E-state index is 0.0155. The predicted octanol–water partition coefficient (Wildman–Crippen LogP) is 2.81. The van der Waals surface area contributed by atoms with Crippen LogP contribution in [-0.2, 0) is 10.0 Å². The number of urea groups is 1. The van der Waals surface area contributed by atoms with Gasteiger partial charge in [-0.15, -0.1) is 0 Å². The molecule has 0 spiro atoms. The summed E-state index contributed by atoms with van der Waals surface area (Å²) in [5.74, 6) is 0.0529. The number of fused-ring (bicyclic) bond motifs is 1. The van der Waals surface area contributed by atoms with Crippen LogP contribution in [0.25, 0.3) is 10.8 Å². The van der Waals surface area contributed by atoms with E-state index in [0.29, 0.717) is 10.8 Å². The number of hydrogen-bond acceptors (Lipinski definition) is 7. The Morgan fingerprint density at radius 3 is 2.32 bits per heavy atom. The standard InChI is InChI=1S/C17H15ClN4O5S/c1-26-13-9-14(27-2)20-16(19-13)21-17(23)22-28(24,25)15-11-6-4-3-5-10(11)7-8-12(15)18/h3-9H,1-2H3,(H2,19,20,21,22,23). The lowest BCUT2D eigenvalue weighted by molar-refractivity contribution is 0.256.